The van der Waals surface area contributed by atoms with Crippen molar-refractivity contribution in [3.05, 3.63) is 11.8 Å². The highest BCUT2D eigenvalue weighted by atomic mass is 15.1. The monoisotopic (exact) mass is 211 g/mol. The lowest BCUT2D eigenvalue weighted by Crippen LogP contribution is -2.21. The Balaban J connectivity index is 4.03. The maximum Gasteiger partial charge on any atom is 0.0519 e. The molecule has 15 heavy (non-hydrogen) atoms. The number of rotatable bonds is 6. The van der Waals surface area contributed by atoms with Gasteiger partial charge < -0.3 is 10.2 Å². The van der Waals surface area contributed by atoms with Gasteiger partial charge in [0.05, 0.1) is 6.54 Å². The Kier molecular flexibility index (Phi) is 7.05. The lowest BCUT2D eigenvalue weighted by molar-refractivity contribution is 0.420. The molecule has 3 heteroatoms. The molecule has 0 amide bonds. The third kappa shape index (κ3) is 9.47. The largest absolute Gasteiger partial charge is 0.386 e. The lowest BCUT2D eigenvalue weighted by Gasteiger charge is -2.10. The van der Waals surface area contributed by atoms with E-state index < -0.39 is 0 Å². The highest BCUT2D eigenvalue weighted by molar-refractivity contribution is 5.93. The predicted octanol–water partition coefficient (Wildman–Crippen LogP) is 1.91. The van der Waals surface area contributed by atoms with Gasteiger partial charge in [-0.25, -0.2) is 0 Å². The predicted molar refractivity (Wildman–Crippen MR) is 68.6 cm³/mol. The summed E-state index contributed by atoms with van der Waals surface area (Å²) < 4.78 is 0. The van der Waals surface area contributed by atoms with E-state index in [0.717, 1.165) is 18.8 Å². The average molecular weight is 211 g/mol. The molecule has 88 valence electrons. The van der Waals surface area contributed by atoms with Crippen molar-refractivity contribution in [1.82, 2.24) is 10.2 Å². The quantitative estimate of drug-likeness (QED) is 0.680. The van der Waals surface area contributed by atoms with E-state index in [0.29, 0.717) is 6.04 Å². The van der Waals surface area contributed by atoms with Crippen LogP contribution in [0.15, 0.2) is 16.8 Å². The zero-order chi connectivity index (χ0) is 11.8. The van der Waals surface area contributed by atoms with Gasteiger partial charge in [0.25, 0.3) is 0 Å². The third-order valence-electron chi connectivity index (χ3n) is 1.85. The zero-order valence-corrected chi connectivity index (χ0v) is 11.0. The van der Waals surface area contributed by atoms with E-state index in [1.807, 2.05) is 6.92 Å². The summed E-state index contributed by atoms with van der Waals surface area (Å²) in [7, 11) is 4.12. The van der Waals surface area contributed by atoms with Crippen LogP contribution in [-0.4, -0.2) is 43.8 Å². The van der Waals surface area contributed by atoms with Crippen molar-refractivity contribution in [1.29, 1.82) is 0 Å². The Morgan fingerprint density at radius 1 is 1.33 bits per heavy atom. The summed E-state index contributed by atoms with van der Waals surface area (Å²) in [5.74, 6) is 0. The van der Waals surface area contributed by atoms with E-state index in [4.69, 9.17) is 0 Å². The van der Waals surface area contributed by atoms with Crippen LogP contribution in [0.2, 0.25) is 0 Å². The van der Waals surface area contributed by atoms with Gasteiger partial charge in [0, 0.05) is 24.0 Å². The molecular weight excluding hydrogens is 186 g/mol. The molecule has 1 N–H and O–H groups in total. The van der Waals surface area contributed by atoms with Gasteiger partial charge in [-0.05, 0) is 47.9 Å². The maximum absolute atomic E-state index is 4.47. The minimum atomic E-state index is 0.482. The second kappa shape index (κ2) is 7.46. The Bertz CT molecular complexity index is 227. The van der Waals surface area contributed by atoms with E-state index in [9.17, 15) is 0 Å². The molecule has 3 nitrogen and oxygen atoms in total. The van der Waals surface area contributed by atoms with Gasteiger partial charge in [0.2, 0.25) is 0 Å². The number of hydrogen-bond donors (Lipinski definition) is 1. The van der Waals surface area contributed by atoms with Gasteiger partial charge in [-0.2, -0.15) is 0 Å². The van der Waals surface area contributed by atoms with Crippen LogP contribution >= 0.6 is 0 Å². The van der Waals surface area contributed by atoms with Crippen LogP contribution in [-0.2, 0) is 0 Å². The standard InChI is InChI=1S/C12H25N3/c1-10(2)14-12(4)9-11(3)13-7-8-15(5)6/h9-10,14H,7-8H2,1-6H3/b12-9-,13-11?. The maximum atomic E-state index is 4.47. The Morgan fingerprint density at radius 3 is 2.40 bits per heavy atom. The number of nitrogens with zero attached hydrogens (tertiary/aromatic N) is 2. The van der Waals surface area contributed by atoms with E-state index >= 15 is 0 Å². The zero-order valence-electron chi connectivity index (χ0n) is 11.0. The Labute approximate surface area is 94.3 Å². The molecule has 0 aliphatic heterocycles. The highest BCUT2D eigenvalue weighted by Crippen LogP contribution is 1.92. The van der Waals surface area contributed by atoms with Gasteiger partial charge in [0.1, 0.15) is 0 Å². The lowest BCUT2D eigenvalue weighted by atomic mass is 10.3. The van der Waals surface area contributed by atoms with Gasteiger partial charge in [-0.1, -0.05) is 0 Å². The molecule has 0 aliphatic rings. The van der Waals surface area contributed by atoms with Gasteiger partial charge in [0.15, 0.2) is 0 Å². The van der Waals surface area contributed by atoms with Crippen molar-refractivity contribution >= 4 is 5.71 Å². The molecule has 0 heterocycles. The molecule has 0 rings (SSSR count). The number of allylic oxidation sites excluding steroid dienone is 2. The van der Waals surface area contributed by atoms with Crippen molar-refractivity contribution in [3.63, 3.8) is 0 Å². The molecule has 0 spiro atoms. The smallest absolute Gasteiger partial charge is 0.0519 e. The van der Waals surface area contributed by atoms with E-state index in [1.54, 1.807) is 0 Å². The Morgan fingerprint density at radius 2 is 1.93 bits per heavy atom. The molecule has 0 radical (unpaired) electrons. The van der Waals surface area contributed by atoms with Crippen molar-refractivity contribution in [3.8, 4) is 0 Å². The number of nitrogens with one attached hydrogen (secondary N) is 1. The molecule has 0 aromatic rings. The van der Waals surface area contributed by atoms with Crippen LogP contribution in [0.4, 0.5) is 0 Å². The third-order valence-corrected chi connectivity index (χ3v) is 1.85. The van der Waals surface area contributed by atoms with Crippen LogP contribution in [0.3, 0.4) is 0 Å². The second-order valence-electron chi connectivity index (χ2n) is 4.45. The summed E-state index contributed by atoms with van der Waals surface area (Å²) in [6, 6.07) is 0.482. The molecule has 0 aromatic carbocycles. The van der Waals surface area contributed by atoms with E-state index in [1.165, 1.54) is 5.70 Å². The normalized spacial score (nSPS) is 13.9. The number of hydrogen-bond acceptors (Lipinski definition) is 3. The first-order valence-corrected chi connectivity index (χ1v) is 5.52. The fourth-order valence-electron chi connectivity index (χ4n) is 1.28. The van der Waals surface area contributed by atoms with E-state index in [-0.39, 0.29) is 0 Å². The fraction of sp³-hybridized carbons (Fsp3) is 0.750. The summed E-state index contributed by atoms with van der Waals surface area (Å²) in [6.07, 6.45) is 2.09. The van der Waals surface area contributed by atoms with Crippen LogP contribution < -0.4 is 5.32 Å². The summed E-state index contributed by atoms with van der Waals surface area (Å²) in [6.45, 7) is 10.3. The number of aliphatic imine (C=N–C) groups is 1. The minimum absolute atomic E-state index is 0.482. The van der Waals surface area contributed by atoms with Crippen LogP contribution in [0.5, 0.6) is 0 Å². The first-order valence-electron chi connectivity index (χ1n) is 5.52. The van der Waals surface area contributed by atoms with Crippen molar-refractivity contribution in [2.75, 3.05) is 27.2 Å². The van der Waals surface area contributed by atoms with Gasteiger partial charge in [-0.15, -0.1) is 0 Å². The molecule has 0 saturated carbocycles. The van der Waals surface area contributed by atoms with E-state index in [2.05, 4.69) is 56.2 Å². The summed E-state index contributed by atoms with van der Waals surface area (Å²) >= 11 is 0. The van der Waals surface area contributed by atoms with Crippen molar-refractivity contribution < 1.29 is 0 Å². The van der Waals surface area contributed by atoms with Crippen molar-refractivity contribution in [2.24, 2.45) is 4.99 Å². The van der Waals surface area contributed by atoms with Crippen molar-refractivity contribution in [2.45, 2.75) is 33.7 Å². The second-order valence-corrected chi connectivity index (χ2v) is 4.45. The van der Waals surface area contributed by atoms with Gasteiger partial charge >= 0.3 is 0 Å². The molecule has 0 unspecified atom stereocenters. The molecule has 0 atom stereocenters. The van der Waals surface area contributed by atoms with Gasteiger partial charge in [-0.3, -0.25) is 4.99 Å². The molecular formula is C12H25N3. The molecule has 0 bridgehead atoms. The highest BCUT2D eigenvalue weighted by Gasteiger charge is 1.94. The Hall–Kier alpha value is -0.830. The minimum Gasteiger partial charge on any atom is -0.386 e. The molecule has 0 aliphatic carbocycles. The molecule has 0 saturated heterocycles. The topological polar surface area (TPSA) is 27.6 Å². The molecule has 0 aromatic heterocycles. The summed E-state index contributed by atoms with van der Waals surface area (Å²) in [5, 5.41) is 3.34. The number of likely N-dealkylation sites (N-methyl/N-ethyl adjacent to an activating group) is 1. The fourth-order valence-corrected chi connectivity index (χ4v) is 1.28. The van der Waals surface area contributed by atoms with Crippen LogP contribution in [0.25, 0.3) is 0 Å². The summed E-state index contributed by atoms with van der Waals surface area (Å²) in [5.41, 5.74) is 2.26. The summed E-state index contributed by atoms with van der Waals surface area (Å²) in [4.78, 5) is 6.61. The average Bonchev–Trinajstić information content (AvgIpc) is 2.00. The van der Waals surface area contributed by atoms with Crippen LogP contribution in [0, 0.1) is 0 Å². The SMILES string of the molecule is CC(/C=C(/C)NC(C)C)=NCCN(C)C. The first kappa shape index (κ1) is 14.2. The first-order chi connectivity index (χ1) is 6.91. The molecule has 0 fully saturated rings. The van der Waals surface area contributed by atoms with Crippen LogP contribution in [0.1, 0.15) is 27.7 Å².